The first kappa shape index (κ1) is 32.1. The minimum atomic E-state index is -0.989. The van der Waals surface area contributed by atoms with E-state index in [4.69, 9.17) is 9.47 Å². The van der Waals surface area contributed by atoms with Gasteiger partial charge < -0.3 is 9.47 Å². The second-order valence-electron chi connectivity index (χ2n) is 16.3. The predicted molar refractivity (Wildman–Crippen MR) is 170 cm³/mol. The minimum Gasteiger partial charge on any atom is -0.465 e. The standard InChI is InChI=1S/C38H62O4/c1-7-41-34(39)38(22-23-38)35(40)42-24-9-8-13-28-18-20-36(5)29(25-28)14-15-30-32-17-16-31(27(4)12-10-11-26(2)3)37(32,6)21-19-33(30)36/h14,26-28,30-33H,7-13,15-25H2,1-6H3/t27-,28?,30?,31-,32?,33?,36+,37-/m1/s1. The first-order chi connectivity index (χ1) is 20.0. The number of hydrogen-bond donors (Lipinski definition) is 0. The van der Waals surface area contributed by atoms with E-state index >= 15 is 0 Å². The van der Waals surface area contributed by atoms with Gasteiger partial charge in [-0.3, -0.25) is 9.59 Å². The van der Waals surface area contributed by atoms with Crippen molar-refractivity contribution in [2.24, 2.45) is 57.7 Å². The molecule has 5 aliphatic carbocycles. The number of fused-ring (bicyclic) bond motifs is 5. The fourth-order valence-corrected chi connectivity index (χ4v) is 10.7. The molecule has 0 saturated heterocycles. The van der Waals surface area contributed by atoms with Gasteiger partial charge >= 0.3 is 11.9 Å². The van der Waals surface area contributed by atoms with E-state index < -0.39 is 11.4 Å². The highest BCUT2D eigenvalue weighted by Crippen LogP contribution is 2.67. The van der Waals surface area contributed by atoms with Crippen LogP contribution in [-0.4, -0.2) is 25.2 Å². The van der Waals surface area contributed by atoms with E-state index in [1.807, 2.05) is 0 Å². The number of carbonyl (C=O) groups is 2. The minimum absolute atomic E-state index is 0.310. The van der Waals surface area contributed by atoms with E-state index in [2.05, 4.69) is 40.7 Å². The maximum Gasteiger partial charge on any atom is 0.323 e. The molecule has 4 nitrogen and oxygen atoms in total. The molecule has 0 heterocycles. The van der Waals surface area contributed by atoms with Gasteiger partial charge in [-0.15, -0.1) is 0 Å². The number of esters is 2. The van der Waals surface area contributed by atoms with Crippen LogP contribution in [0.4, 0.5) is 0 Å². The Morgan fingerprint density at radius 1 is 0.881 bits per heavy atom. The highest BCUT2D eigenvalue weighted by Gasteiger charge is 2.60. The van der Waals surface area contributed by atoms with Gasteiger partial charge in [0, 0.05) is 0 Å². The third-order valence-electron chi connectivity index (χ3n) is 13.5. The summed E-state index contributed by atoms with van der Waals surface area (Å²) in [5.41, 5.74) is 1.78. The molecule has 0 spiro atoms. The van der Waals surface area contributed by atoms with Crippen LogP contribution in [0, 0.1) is 57.7 Å². The summed E-state index contributed by atoms with van der Waals surface area (Å²) in [6, 6.07) is 0. The molecule has 0 aromatic heterocycles. The largest absolute Gasteiger partial charge is 0.465 e. The number of allylic oxidation sites excluding steroid dienone is 2. The number of ether oxygens (including phenoxy) is 2. The lowest BCUT2D eigenvalue weighted by atomic mass is 9.46. The monoisotopic (exact) mass is 582 g/mol. The van der Waals surface area contributed by atoms with Crippen molar-refractivity contribution >= 4 is 11.9 Å². The third-order valence-corrected chi connectivity index (χ3v) is 13.5. The molecule has 4 fully saturated rings. The van der Waals surface area contributed by atoms with Crippen LogP contribution in [0.2, 0.25) is 0 Å². The molecule has 0 aromatic rings. The van der Waals surface area contributed by atoms with Crippen LogP contribution >= 0.6 is 0 Å². The van der Waals surface area contributed by atoms with Gasteiger partial charge in [-0.05, 0) is 136 Å². The number of rotatable bonds is 13. The molecule has 0 aromatic carbocycles. The molecule has 42 heavy (non-hydrogen) atoms. The smallest absolute Gasteiger partial charge is 0.323 e. The van der Waals surface area contributed by atoms with E-state index in [-0.39, 0.29) is 5.97 Å². The van der Waals surface area contributed by atoms with E-state index in [9.17, 15) is 9.59 Å². The Bertz CT molecular complexity index is 993. The molecule has 5 rings (SSSR count). The molecule has 4 saturated carbocycles. The number of hydrogen-bond acceptors (Lipinski definition) is 4. The molecule has 0 aliphatic heterocycles. The fourth-order valence-electron chi connectivity index (χ4n) is 10.7. The van der Waals surface area contributed by atoms with Gasteiger partial charge in [0.15, 0.2) is 5.41 Å². The average molecular weight is 583 g/mol. The van der Waals surface area contributed by atoms with Gasteiger partial charge in [-0.25, -0.2) is 0 Å². The predicted octanol–water partition coefficient (Wildman–Crippen LogP) is 9.70. The van der Waals surface area contributed by atoms with Crippen molar-refractivity contribution in [1.29, 1.82) is 0 Å². The second-order valence-corrected chi connectivity index (χ2v) is 16.3. The Kier molecular flexibility index (Phi) is 9.90. The second kappa shape index (κ2) is 13.0. The Morgan fingerprint density at radius 2 is 1.64 bits per heavy atom. The summed E-state index contributed by atoms with van der Waals surface area (Å²) in [6.45, 7) is 15.2. The summed E-state index contributed by atoms with van der Waals surface area (Å²) in [5, 5.41) is 0. The molecule has 0 radical (unpaired) electrons. The van der Waals surface area contributed by atoms with E-state index in [1.165, 1.54) is 77.0 Å². The van der Waals surface area contributed by atoms with Crippen LogP contribution in [0.25, 0.3) is 0 Å². The van der Waals surface area contributed by atoms with Gasteiger partial charge in [0.05, 0.1) is 13.2 Å². The lowest BCUT2D eigenvalue weighted by Crippen LogP contribution is -2.50. The molecule has 8 atom stereocenters. The van der Waals surface area contributed by atoms with Crippen molar-refractivity contribution in [2.45, 2.75) is 144 Å². The maximum atomic E-state index is 12.5. The molecular formula is C38H62O4. The van der Waals surface area contributed by atoms with Gasteiger partial charge in [-0.1, -0.05) is 72.0 Å². The first-order valence-corrected chi connectivity index (χ1v) is 18.1. The molecule has 0 bridgehead atoms. The summed E-state index contributed by atoms with van der Waals surface area (Å²) in [7, 11) is 0. The van der Waals surface area contributed by atoms with Crippen molar-refractivity contribution in [3.63, 3.8) is 0 Å². The van der Waals surface area contributed by atoms with E-state index in [0.717, 1.165) is 54.3 Å². The fraction of sp³-hybridized carbons (Fsp3) is 0.895. The Labute approximate surface area is 257 Å². The number of carbonyl (C=O) groups excluding carboxylic acids is 2. The first-order valence-electron chi connectivity index (χ1n) is 18.1. The molecule has 4 heteroatoms. The quantitative estimate of drug-likeness (QED) is 0.0939. The lowest BCUT2D eigenvalue weighted by Gasteiger charge is -2.58. The molecule has 4 unspecified atom stereocenters. The van der Waals surface area contributed by atoms with E-state index in [0.29, 0.717) is 36.9 Å². The van der Waals surface area contributed by atoms with Crippen LogP contribution in [0.1, 0.15) is 144 Å². The average Bonchev–Trinajstić information content (AvgIpc) is 3.69. The van der Waals surface area contributed by atoms with Crippen molar-refractivity contribution in [2.75, 3.05) is 13.2 Å². The highest BCUT2D eigenvalue weighted by atomic mass is 16.6. The summed E-state index contributed by atoms with van der Waals surface area (Å²) in [6.07, 6.45) is 22.5. The highest BCUT2D eigenvalue weighted by molar-refractivity contribution is 6.03. The van der Waals surface area contributed by atoms with Gasteiger partial charge in [0.1, 0.15) is 0 Å². The molecule has 0 amide bonds. The van der Waals surface area contributed by atoms with Gasteiger partial charge in [0.25, 0.3) is 0 Å². The van der Waals surface area contributed by atoms with Crippen molar-refractivity contribution in [3.05, 3.63) is 11.6 Å². The zero-order valence-corrected chi connectivity index (χ0v) is 28.0. The summed E-state index contributed by atoms with van der Waals surface area (Å²) in [4.78, 5) is 24.6. The zero-order valence-electron chi connectivity index (χ0n) is 28.0. The third kappa shape index (κ3) is 6.13. The lowest BCUT2D eigenvalue weighted by molar-refractivity contribution is -0.164. The molecule has 238 valence electrons. The van der Waals surface area contributed by atoms with Crippen molar-refractivity contribution in [1.82, 2.24) is 0 Å². The summed E-state index contributed by atoms with van der Waals surface area (Å²) < 4.78 is 10.6. The van der Waals surface area contributed by atoms with E-state index in [1.54, 1.807) is 12.5 Å². The zero-order chi connectivity index (χ0) is 30.1. The summed E-state index contributed by atoms with van der Waals surface area (Å²) in [5.74, 6) is 5.38. The van der Waals surface area contributed by atoms with Crippen LogP contribution < -0.4 is 0 Å². The van der Waals surface area contributed by atoms with Gasteiger partial charge in [-0.2, -0.15) is 0 Å². The molecular weight excluding hydrogens is 520 g/mol. The van der Waals surface area contributed by atoms with Crippen LogP contribution in [0.5, 0.6) is 0 Å². The Balaban J connectivity index is 1.10. The summed E-state index contributed by atoms with van der Waals surface area (Å²) >= 11 is 0. The van der Waals surface area contributed by atoms with Crippen molar-refractivity contribution in [3.8, 4) is 0 Å². The topological polar surface area (TPSA) is 52.6 Å². The van der Waals surface area contributed by atoms with Crippen LogP contribution in [-0.2, 0) is 19.1 Å². The molecule has 0 N–H and O–H groups in total. The van der Waals surface area contributed by atoms with Crippen molar-refractivity contribution < 1.29 is 19.1 Å². The van der Waals surface area contributed by atoms with Gasteiger partial charge in [0.2, 0.25) is 0 Å². The number of unbranched alkanes of at least 4 members (excludes halogenated alkanes) is 1. The SMILES string of the molecule is CCOC(=O)C1(C(=O)OCCCCC2CC[C@@]3(C)C(=CCC4C3CC[C@@]3(C)C4CC[C@@H]3[C@H](C)CCCC(C)C)C2)CC1. The Hall–Kier alpha value is -1.32. The normalized spacial score (nSPS) is 37.2. The Morgan fingerprint density at radius 3 is 2.36 bits per heavy atom. The molecule has 5 aliphatic rings. The van der Waals surface area contributed by atoms with Crippen LogP contribution in [0.3, 0.4) is 0 Å². The maximum absolute atomic E-state index is 12.5. The van der Waals surface area contributed by atoms with Crippen LogP contribution in [0.15, 0.2) is 11.6 Å².